The third kappa shape index (κ3) is 4.64. The van der Waals surface area contributed by atoms with Crippen molar-refractivity contribution in [1.82, 2.24) is 15.2 Å². The summed E-state index contributed by atoms with van der Waals surface area (Å²) in [5, 5.41) is 5.56. The minimum atomic E-state index is -0.151. The van der Waals surface area contributed by atoms with E-state index in [2.05, 4.69) is 46.4 Å². The highest BCUT2D eigenvalue weighted by Crippen LogP contribution is 2.22. The predicted molar refractivity (Wildman–Crippen MR) is 98.7 cm³/mol. The highest BCUT2D eigenvalue weighted by atomic mass is 32.1. The Kier molecular flexibility index (Phi) is 6.14. The molecule has 2 aromatic rings. The topological polar surface area (TPSA) is 80.5 Å². The number of nitrogens with zero attached hydrogens (tertiary/aromatic N) is 2. The second-order valence-corrected chi connectivity index (χ2v) is 7.06. The van der Waals surface area contributed by atoms with Gasteiger partial charge in [-0.15, -0.1) is 11.3 Å². The van der Waals surface area contributed by atoms with Crippen LogP contribution in [0.3, 0.4) is 0 Å². The van der Waals surface area contributed by atoms with E-state index in [0.717, 1.165) is 31.3 Å². The Balaban J connectivity index is 1.71. The van der Waals surface area contributed by atoms with Crippen molar-refractivity contribution in [2.75, 3.05) is 32.8 Å². The quantitative estimate of drug-likeness (QED) is 0.820. The molecule has 1 unspecified atom stereocenters. The highest BCUT2D eigenvalue weighted by molar-refractivity contribution is 7.09. The molecule has 1 aliphatic heterocycles. The van der Waals surface area contributed by atoms with Crippen LogP contribution in [0.15, 0.2) is 29.6 Å². The molecule has 6 nitrogen and oxygen atoms in total. The number of morpholine rings is 1. The number of aryl methyl sites for hydroxylation is 1. The first kappa shape index (κ1) is 18.0. The maximum atomic E-state index is 12.4. The van der Waals surface area contributed by atoms with Gasteiger partial charge in [-0.25, -0.2) is 4.98 Å². The molecule has 0 bridgehead atoms. The van der Waals surface area contributed by atoms with Crippen LogP contribution in [0.4, 0.5) is 0 Å². The van der Waals surface area contributed by atoms with Gasteiger partial charge in [0.05, 0.1) is 19.3 Å². The number of thiazole rings is 1. The summed E-state index contributed by atoms with van der Waals surface area (Å²) in [6.45, 7) is 6.16. The van der Waals surface area contributed by atoms with Crippen LogP contribution in [0.1, 0.15) is 32.7 Å². The molecular weight excluding hydrogens is 336 g/mol. The van der Waals surface area contributed by atoms with Crippen LogP contribution in [-0.4, -0.2) is 48.6 Å². The van der Waals surface area contributed by atoms with Gasteiger partial charge in [0.2, 0.25) is 0 Å². The molecule has 134 valence electrons. The lowest BCUT2D eigenvalue weighted by molar-refractivity contribution is 0.0162. The fraction of sp³-hybridized carbons (Fsp3) is 0.444. The molecule has 0 radical (unpaired) electrons. The number of nitrogens with two attached hydrogens (primary N) is 1. The fourth-order valence-corrected chi connectivity index (χ4v) is 3.67. The van der Waals surface area contributed by atoms with Crippen LogP contribution in [0.2, 0.25) is 0 Å². The van der Waals surface area contributed by atoms with Gasteiger partial charge in [-0.05, 0) is 12.5 Å². The molecule has 0 spiro atoms. The number of rotatable bonds is 6. The second-order valence-electron chi connectivity index (χ2n) is 6.12. The molecule has 1 amide bonds. The molecule has 2 heterocycles. The minimum absolute atomic E-state index is 0.125. The Morgan fingerprint density at radius 3 is 2.92 bits per heavy atom. The van der Waals surface area contributed by atoms with Crippen LogP contribution in [0, 0.1) is 6.92 Å². The van der Waals surface area contributed by atoms with Crippen LogP contribution >= 0.6 is 11.3 Å². The number of hydrogen-bond donors (Lipinski definition) is 2. The van der Waals surface area contributed by atoms with Crippen molar-refractivity contribution in [3.63, 3.8) is 0 Å². The molecule has 25 heavy (non-hydrogen) atoms. The average molecular weight is 360 g/mol. The van der Waals surface area contributed by atoms with Crippen molar-refractivity contribution >= 4 is 17.2 Å². The first-order chi connectivity index (χ1) is 12.2. The van der Waals surface area contributed by atoms with E-state index in [0.29, 0.717) is 18.8 Å². The van der Waals surface area contributed by atoms with Gasteiger partial charge in [-0.3, -0.25) is 9.69 Å². The predicted octanol–water partition coefficient (Wildman–Crippen LogP) is 1.71. The zero-order chi connectivity index (χ0) is 17.6. The van der Waals surface area contributed by atoms with E-state index in [9.17, 15) is 4.79 Å². The van der Waals surface area contributed by atoms with Gasteiger partial charge in [-0.2, -0.15) is 0 Å². The zero-order valence-electron chi connectivity index (χ0n) is 14.4. The van der Waals surface area contributed by atoms with Crippen LogP contribution in [-0.2, 0) is 11.3 Å². The van der Waals surface area contributed by atoms with Crippen molar-refractivity contribution < 1.29 is 9.53 Å². The standard InChI is InChI=1S/C18H24N4O2S/c1-13-3-2-4-14(9-13)16(22-5-7-24-8-6-22)11-20-18(23)15-12-25-17(10-19)21-15/h2-4,9,12,16H,5-8,10-11,19H2,1H3,(H,20,23). The van der Waals surface area contributed by atoms with Gasteiger partial charge in [-0.1, -0.05) is 29.8 Å². The monoisotopic (exact) mass is 360 g/mol. The molecule has 7 heteroatoms. The molecular formula is C18H24N4O2S. The maximum absolute atomic E-state index is 12.4. The lowest BCUT2D eigenvalue weighted by Gasteiger charge is -2.35. The van der Waals surface area contributed by atoms with Gasteiger partial charge < -0.3 is 15.8 Å². The number of aromatic nitrogens is 1. The molecule has 1 aromatic heterocycles. The fourth-order valence-electron chi connectivity index (χ4n) is 3.01. The molecule has 1 atom stereocenters. The van der Waals surface area contributed by atoms with Crippen molar-refractivity contribution in [2.45, 2.75) is 19.5 Å². The lowest BCUT2D eigenvalue weighted by Crippen LogP contribution is -2.43. The first-order valence-electron chi connectivity index (χ1n) is 8.48. The summed E-state index contributed by atoms with van der Waals surface area (Å²) >= 11 is 1.41. The average Bonchev–Trinajstić information content (AvgIpc) is 3.12. The lowest BCUT2D eigenvalue weighted by atomic mass is 10.0. The zero-order valence-corrected chi connectivity index (χ0v) is 15.2. The summed E-state index contributed by atoms with van der Waals surface area (Å²) in [6, 6.07) is 8.58. The smallest absolute Gasteiger partial charge is 0.270 e. The Hall–Kier alpha value is -1.80. The Morgan fingerprint density at radius 1 is 1.44 bits per heavy atom. The number of ether oxygens (including phenoxy) is 1. The molecule has 1 aromatic carbocycles. The Bertz CT molecular complexity index is 713. The molecule has 0 aliphatic carbocycles. The Morgan fingerprint density at radius 2 is 2.24 bits per heavy atom. The van der Waals surface area contributed by atoms with E-state index in [-0.39, 0.29) is 11.9 Å². The number of amides is 1. The van der Waals surface area contributed by atoms with E-state index >= 15 is 0 Å². The minimum Gasteiger partial charge on any atom is -0.379 e. The van der Waals surface area contributed by atoms with Crippen molar-refractivity contribution in [1.29, 1.82) is 0 Å². The summed E-state index contributed by atoms with van der Waals surface area (Å²) in [5.74, 6) is -0.151. The van der Waals surface area contributed by atoms with Gasteiger partial charge >= 0.3 is 0 Å². The summed E-state index contributed by atoms with van der Waals surface area (Å²) in [4.78, 5) is 19.0. The molecule has 1 aliphatic rings. The van der Waals surface area contributed by atoms with Crippen molar-refractivity contribution in [3.05, 3.63) is 51.5 Å². The van der Waals surface area contributed by atoms with Gasteiger partial charge in [0.15, 0.2) is 0 Å². The van der Waals surface area contributed by atoms with Gasteiger partial charge in [0, 0.05) is 31.6 Å². The molecule has 1 fully saturated rings. The van der Waals surface area contributed by atoms with Crippen molar-refractivity contribution in [2.24, 2.45) is 5.73 Å². The van der Waals surface area contributed by atoms with Crippen LogP contribution in [0.25, 0.3) is 0 Å². The number of carbonyl (C=O) groups excluding carboxylic acids is 1. The Labute approximate surface area is 152 Å². The second kappa shape index (κ2) is 8.53. The SMILES string of the molecule is Cc1cccc(C(CNC(=O)c2csc(CN)n2)N2CCOCC2)c1. The van der Waals surface area contributed by atoms with Crippen LogP contribution < -0.4 is 11.1 Å². The highest BCUT2D eigenvalue weighted by Gasteiger charge is 2.23. The molecule has 3 N–H and O–H groups in total. The molecule has 3 rings (SSSR count). The van der Waals surface area contributed by atoms with E-state index in [1.54, 1.807) is 5.38 Å². The number of nitrogens with one attached hydrogen (secondary N) is 1. The van der Waals surface area contributed by atoms with E-state index in [1.807, 2.05) is 0 Å². The third-order valence-corrected chi connectivity index (χ3v) is 5.20. The normalized spacial score (nSPS) is 16.6. The summed E-state index contributed by atoms with van der Waals surface area (Å²) in [7, 11) is 0. The molecule has 0 saturated carbocycles. The van der Waals surface area contributed by atoms with E-state index < -0.39 is 0 Å². The van der Waals surface area contributed by atoms with Gasteiger partial charge in [0.1, 0.15) is 10.7 Å². The molecule has 1 saturated heterocycles. The van der Waals surface area contributed by atoms with Crippen LogP contribution in [0.5, 0.6) is 0 Å². The summed E-state index contributed by atoms with van der Waals surface area (Å²) in [5.41, 5.74) is 8.44. The van der Waals surface area contributed by atoms with Crippen molar-refractivity contribution in [3.8, 4) is 0 Å². The number of carbonyl (C=O) groups is 1. The third-order valence-electron chi connectivity index (χ3n) is 4.33. The number of hydrogen-bond acceptors (Lipinski definition) is 6. The number of benzene rings is 1. The summed E-state index contributed by atoms with van der Waals surface area (Å²) < 4.78 is 5.47. The summed E-state index contributed by atoms with van der Waals surface area (Å²) in [6.07, 6.45) is 0. The van der Waals surface area contributed by atoms with Gasteiger partial charge in [0.25, 0.3) is 5.91 Å². The largest absolute Gasteiger partial charge is 0.379 e. The first-order valence-corrected chi connectivity index (χ1v) is 9.36. The van der Waals surface area contributed by atoms with E-state index in [4.69, 9.17) is 10.5 Å². The van der Waals surface area contributed by atoms with E-state index in [1.165, 1.54) is 22.5 Å². The maximum Gasteiger partial charge on any atom is 0.270 e.